The SMILES string of the molecule is O=C(CC(=O)NN=C1CCCCCC1)NN=C1CCCCCC1. The van der Waals surface area contributed by atoms with Crippen molar-refractivity contribution in [2.24, 2.45) is 10.2 Å². The Hall–Kier alpha value is -1.72. The first-order valence-corrected chi connectivity index (χ1v) is 8.92. The fourth-order valence-corrected chi connectivity index (χ4v) is 3.00. The van der Waals surface area contributed by atoms with Crippen LogP contribution in [0.15, 0.2) is 10.2 Å². The van der Waals surface area contributed by atoms with Gasteiger partial charge in [0.05, 0.1) is 0 Å². The summed E-state index contributed by atoms with van der Waals surface area (Å²) in [6.07, 6.45) is 13.0. The van der Waals surface area contributed by atoms with Crippen LogP contribution in [-0.2, 0) is 9.59 Å². The van der Waals surface area contributed by atoms with Crippen molar-refractivity contribution in [1.82, 2.24) is 10.9 Å². The Bertz CT molecular complexity index is 409. The van der Waals surface area contributed by atoms with Gasteiger partial charge in [0.25, 0.3) is 0 Å². The minimum absolute atomic E-state index is 0.229. The predicted molar refractivity (Wildman–Crippen MR) is 91.2 cm³/mol. The molecule has 2 N–H and O–H groups in total. The van der Waals surface area contributed by atoms with Crippen molar-refractivity contribution in [2.75, 3.05) is 0 Å². The number of carbonyl (C=O) groups is 2. The Morgan fingerprint density at radius 1 is 0.652 bits per heavy atom. The molecule has 2 rings (SSSR count). The van der Waals surface area contributed by atoms with Crippen molar-refractivity contribution in [3.05, 3.63) is 0 Å². The summed E-state index contributed by atoms with van der Waals surface area (Å²) >= 11 is 0. The molecule has 2 saturated carbocycles. The number of nitrogens with zero attached hydrogens (tertiary/aromatic N) is 2. The molecule has 0 unspecified atom stereocenters. The van der Waals surface area contributed by atoms with Gasteiger partial charge in [-0.1, -0.05) is 25.7 Å². The van der Waals surface area contributed by atoms with Crippen LogP contribution in [0.2, 0.25) is 0 Å². The van der Waals surface area contributed by atoms with E-state index >= 15 is 0 Å². The van der Waals surface area contributed by atoms with Crippen LogP contribution in [0.1, 0.15) is 83.5 Å². The van der Waals surface area contributed by atoms with E-state index in [-0.39, 0.29) is 18.2 Å². The number of rotatable bonds is 4. The predicted octanol–water partition coefficient (Wildman–Crippen LogP) is 3.03. The first-order chi connectivity index (χ1) is 11.2. The van der Waals surface area contributed by atoms with Gasteiger partial charge in [0, 0.05) is 11.4 Å². The molecule has 0 bridgehead atoms. The molecule has 0 spiro atoms. The third-order valence-electron chi connectivity index (χ3n) is 4.36. The molecule has 0 aromatic carbocycles. The molecule has 0 heterocycles. The third-order valence-corrected chi connectivity index (χ3v) is 4.36. The molecule has 0 aromatic heterocycles. The second-order valence-corrected chi connectivity index (χ2v) is 6.43. The summed E-state index contributed by atoms with van der Waals surface area (Å²) < 4.78 is 0. The average Bonchev–Trinajstić information content (AvgIpc) is 2.96. The summed E-state index contributed by atoms with van der Waals surface area (Å²) in [5, 5.41) is 8.32. The topological polar surface area (TPSA) is 82.9 Å². The first-order valence-electron chi connectivity index (χ1n) is 8.92. The van der Waals surface area contributed by atoms with Crippen LogP contribution in [0.4, 0.5) is 0 Å². The van der Waals surface area contributed by atoms with E-state index in [4.69, 9.17) is 0 Å². The zero-order valence-corrected chi connectivity index (χ0v) is 13.9. The number of nitrogens with one attached hydrogen (secondary N) is 2. The van der Waals surface area contributed by atoms with Gasteiger partial charge in [-0.25, -0.2) is 10.9 Å². The fraction of sp³-hybridized carbons (Fsp3) is 0.765. The van der Waals surface area contributed by atoms with Gasteiger partial charge in [0.2, 0.25) is 11.8 Å². The summed E-state index contributed by atoms with van der Waals surface area (Å²) in [7, 11) is 0. The van der Waals surface area contributed by atoms with E-state index in [1.807, 2.05) is 0 Å². The second-order valence-electron chi connectivity index (χ2n) is 6.43. The van der Waals surface area contributed by atoms with Gasteiger partial charge in [-0.05, 0) is 51.4 Å². The van der Waals surface area contributed by atoms with Crippen LogP contribution in [0, 0.1) is 0 Å². The minimum Gasteiger partial charge on any atom is -0.273 e. The summed E-state index contributed by atoms with van der Waals surface area (Å²) in [5.74, 6) is -0.749. The van der Waals surface area contributed by atoms with E-state index in [2.05, 4.69) is 21.1 Å². The lowest BCUT2D eigenvalue weighted by molar-refractivity contribution is -0.129. The molecule has 6 heteroatoms. The maximum atomic E-state index is 11.8. The van der Waals surface area contributed by atoms with Crippen LogP contribution in [-0.4, -0.2) is 23.2 Å². The number of hydrogen-bond donors (Lipinski definition) is 2. The Labute approximate surface area is 138 Å². The smallest absolute Gasteiger partial charge is 0.249 e. The minimum atomic E-state index is -0.375. The Morgan fingerprint density at radius 2 is 1.00 bits per heavy atom. The summed E-state index contributed by atoms with van der Waals surface area (Å²) in [5.41, 5.74) is 7.07. The quantitative estimate of drug-likeness (QED) is 0.474. The largest absolute Gasteiger partial charge is 0.273 e. The summed E-state index contributed by atoms with van der Waals surface area (Å²) in [6, 6.07) is 0. The number of carbonyl (C=O) groups excluding carboxylic acids is 2. The van der Waals surface area contributed by atoms with Gasteiger partial charge >= 0.3 is 0 Å². The molecule has 0 radical (unpaired) electrons. The third kappa shape index (κ3) is 7.39. The Kier molecular flexibility index (Phi) is 7.77. The highest BCUT2D eigenvalue weighted by Gasteiger charge is 2.11. The molecule has 2 aliphatic rings. The van der Waals surface area contributed by atoms with Crippen LogP contribution in [0.3, 0.4) is 0 Å². The molecule has 2 aliphatic carbocycles. The first kappa shape index (κ1) is 17.6. The van der Waals surface area contributed by atoms with Crippen molar-refractivity contribution >= 4 is 23.2 Å². The zero-order chi connectivity index (χ0) is 16.3. The molecule has 0 atom stereocenters. The molecule has 0 aliphatic heterocycles. The fourth-order valence-electron chi connectivity index (χ4n) is 3.00. The molecule has 0 aromatic rings. The Morgan fingerprint density at radius 3 is 1.35 bits per heavy atom. The van der Waals surface area contributed by atoms with Crippen molar-refractivity contribution in [2.45, 2.75) is 83.5 Å². The van der Waals surface area contributed by atoms with E-state index in [0.717, 1.165) is 62.8 Å². The molecule has 0 saturated heterocycles. The van der Waals surface area contributed by atoms with Crippen LogP contribution >= 0.6 is 0 Å². The normalized spacial score (nSPS) is 19.3. The van der Waals surface area contributed by atoms with E-state index in [1.54, 1.807) is 0 Å². The lowest BCUT2D eigenvalue weighted by Gasteiger charge is -2.05. The average molecular weight is 320 g/mol. The standard InChI is InChI=1S/C17H28N4O2/c22-16(20-18-14-9-5-1-2-6-10-14)13-17(23)21-19-15-11-7-3-4-8-12-15/h1-13H2,(H,20,22)(H,21,23). The monoisotopic (exact) mass is 320 g/mol. The van der Waals surface area contributed by atoms with Crippen LogP contribution < -0.4 is 10.9 Å². The highest BCUT2D eigenvalue weighted by molar-refractivity contribution is 5.98. The van der Waals surface area contributed by atoms with E-state index in [0.29, 0.717) is 0 Å². The summed E-state index contributed by atoms with van der Waals surface area (Å²) in [6.45, 7) is 0. The molecule has 23 heavy (non-hydrogen) atoms. The van der Waals surface area contributed by atoms with Gasteiger partial charge in [0.1, 0.15) is 6.42 Å². The van der Waals surface area contributed by atoms with E-state index < -0.39 is 0 Å². The molecule has 6 nitrogen and oxygen atoms in total. The number of amides is 2. The number of hydrogen-bond acceptors (Lipinski definition) is 4. The van der Waals surface area contributed by atoms with Gasteiger partial charge in [-0.15, -0.1) is 0 Å². The van der Waals surface area contributed by atoms with Crippen molar-refractivity contribution in [1.29, 1.82) is 0 Å². The summed E-state index contributed by atoms with van der Waals surface area (Å²) in [4.78, 5) is 23.5. The molecule has 2 amide bonds. The second kappa shape index (κ2) is 10.1. The maximum absolute atomic E-state index is 11.8. The number of hydrazone groups is 2. The van der Waals surface area contributed by atoms with Crippen LogP contribution in [0.25, 0.3) is 0 Å². The molecule has 2 fully saturated rings. The van der Waals surface area contributed by atoms with Crippen molar-refractivity contribution < 1.29 is 9.59 Å². The van der Waals surface area contributed by atoms with E-state index in [9.17, 15) is 9.59 Å². The molecule has 128 valence electrons. The van der Waals surface area contributed by atoms with Gasteiger partial charge in [-0.2, -0.15) is 10.2 Å². The highest BCUT2D eigenvalue weighted by Crippen LogP contribution is 2.15. The molecular formula is C17H28N4O2. The van der Waals surface area contributed by atoms with Gasteiger partial charge < -0.3 is 0 Å². The van der Waals surface area contributed by atoms with Gasteiger partial charge in [-0.3, -0.25) is 9.59 Å². The van der Waals surface area contributed by atoms with E-state index in [1.165, 1.54) is 25.7 Å². The lowest BCUT2D eigenvalue weighted by atomic mass is 10.2. The van der Waals surface area contributed by atoms with Gasteiger partial charge in [0.15, 0.2) is 0 Å². The zero-order valence-electron chi connectivity index (χ0n) is 13.9. The lowest BCUT2D eigenvalue weighted by Crippen LogP contribution is -2.28. The Balaban J connectivity index is 1.70. The van der Waals surface area contributed by atoms with Crippen LogP contribution in [0.5, 0.6) is 0 Å². The van der Waals surface area contributed by atoms with Crippen molar-refractivity contribution in [3.63, 3.8) is 0 Å². The maximum Gasteiger partial charge on any atom is 0.249 e. The van der Waals surface area contributed by atoms with Crippen molar-refractivity contribution in [3.8, 4) is 0 Å². The highest BCUT2D eigenvalue weighted by atomic mass is 16.2. The molecular weight excluding hydrogens is 292 g/mol.